The van der Waals surface area contributed by atoms with Crippen molar-refractivity contribution in [2.75, 3.05) is 6.79 Å². The van der Waals surface area contributed by atoms with E-state index in [1.807, 2.05) is 12.1 Å². The predicted octanol–water partition coefficient (Wildman–Crippen LogP) is 2.92. The Hall–Kier alpha value is -1.35. The quantitative estimate of drug-likeness (QED) is 0.610. The van der Waals surface area contributed by atoms with Gasteiger partial charge in [-0.05, 0) is 31.4 Å². The number of isocyanates is 1. The summed E-state index contributed by atoms with van der Waals surface area (Å²) in [6.07, 6.45) is 4.39. The first-order chi connectivity index (χ1) is 8.75. The van der Waals surface area contributed by atoms with E-state index in [0.29, 0.717) is 11.6 Å². The molecule has 1 aromatic rings. The summed E-state index contributed by atoms with van der Waals surface area (Å²) in [6, 6.07) is 3.67. The third-order valence-corrected chi connectivity index (χ3v) is 3.83. The Labute approximate surface area is 110 Å². The van der Waals surface area contributed by atoms with Crippen LogP contribution in [0.4, 0.5) is 0 Å². The van der Waals surface area contributed by atoms with Gasteiger partial charge in [0.05, 0.1) is 6.61 Å². The summed E-state index contributed by atoms with van der Waals surface area (Å²) < 4.78 is 10.8. The Morgan fingerprint density at radius 3 is 2.89 bits per heavy atom. The lowest BCUT2D eigenvalue weighted by Crippen LogP contribution is -2.33. The molecule has 0 aromatic heterocycles. The van der Waals surface area contributed by atoms with Crippen molar-refractivity contribution < 1.29 is 14.3 Å². The molecule has 1 aliphatic carbocycles. The molecule has 1 saturated carbocycles. The first-order valence-corrected chi connectivity index (χ1v) is 6.25. The smallest absolute Gasteiger partial charge is 0.235 e. The lowest BCUT2D eigenvalue weighted by molar-refractivity contribution is -0.0184. The maximum atomic E-state index is 10.6. The van der Waals surface area contributed by atoms with Crippen molar-refractivity contribution in [3.05, 3.63) is 28.3 Å². The number of benzene rings is 1. The second kappa shape index (κ2) is 4.39. The molecular formula is C13H12ClNO3. The number of aliphatic imine (C=N–C) groups is 1. The number of hydrogen-bond donors (Lipinski definition) is 0. The number of rotatable bonds is 2. The normalized spacial score (nSPS) is 20.1. The van der Waals surface area contributed by atoms with Crippen LogP contribution in [-0.2, 0) is 21.7 Å². The zero-order chi connectivity index (χ0) is 12.6. The van der Waals surface area contributed by atoms with E-state index in [1.165, 1.54) is 0 Å². The molecule has 4 nitrogen and oxygen atoms in total. The minimum Gasteiger partial charge on any atom is -0.467 e. The summed E-state index contributed by atoms with van der Waals surface area (Å²) in [7, 11) is 0. The molecule has 2 aliphatic rings. The molecule has 0 N–H and O–H groups in total. The van der Waals surface area contributed by atoms with Gasteiger partial charge in [-0.3, -0.25) is 0 Å². The molecule has 1 fully saturated rings. The summed E-state index contributed by atoms with van der Waals surface area (Å²) in [4.78, 5) is 14.6. The van der Waals surface area contributed by atoms with Gasteiger partial charge >= 0.3 is 0 Å². The lowest BCUT2D eigenvalue weighted by Gasteiger charge is -2.39. The first-order valence-electron chi connectivity index (χ1n) is 5.88. The molecule has 94 valence electrons. The molecule has 0 bridgehead atoms. The Morgan fingerprint density at radius 2 is 2.22 bits per heavy atom. The van der Waals surface area contributed by atoms with Gasteiger partial charge in [0.15, 0.2) is 6.79 Å². The highest BCUT2D eigenvalue weighted by Gasteiger charge is 2.42. The third kappa shape index (κ3) is 1.74. The van der Waals surface area contributed by atoms with Crippen LogP contribution in [0.25, 0.3) is 0 Å². The third-order valence-electron chi connectivity index (χ3n) is 3.62. The monoisotopic (exact) mass is 265 g/mol. The molecule has 18 heavy (non-hydrogen) atoms. The van der Waals surface area contributed by atoms with Crippen molar-refractivity contribution in [3.63, 3.8) is 0 Å². The average molecular weight is 266 g/mol. The van der Waals surface area contributed by atoms with Crippen molar-refractivity contribution in [1.29, 1.82) is 0 Å². The van der Waals surface area contributed by atoms with Crippen molar-refractivity contribution in [1.82, 2.24) is 0 Å². The van der Waals surface area contributed by atoms with Crippen LogP contribution in [0.3, 0.4) is 0 Å². The van der Waals surface area contributed by atoms with Gasteiger partial charge in [0.2, 0.25) is 6.08 Å². The van der Waals surface area contributed by atoms with Crippen LogP contribution in [0.1, 0.15) is 30.4 Å². The Morgan fingerprint density at radius 1 is 1.39 bits per heavy atom. The molecule has 0 unspecified atom stereocenters. The minimum atomic E-state index is -0.492. The van der Waals surface area contributed by atoms with E-state index in [-0.39, 0.29) is 6.79 Å². The Kier molecular flexibility index (Phi) is 2.86. The molecule has 0 saturated heterocycles. The number of halogens is 1. The van der Waals surface area contributed by atoms with Gasteiger partial charge in [0, 0.05) is 16.1 Å². The van der Waals surface area contributed by atoms with E-state index in [0.717, 1.165) is 36.1 Å². The lowest BCUT2D eigenvalue weighted by atomic mass is 9.71. The van der Waals surface area contributed by atoms with E-state index in [4.69, 9.17) is 21.1 Å². The van der Waals surface area contributed by atoms with Crippen LogP contribution in [-0.4, -0.2) is 12.9 Å². The highest BCUT2D eigenvalue weighted by atomic mass is 35.5. The Balaban J connectivity index is 2.16. The van der Waals surface area contributed by atoms with E-state index in [1.54, 1.807) is 6.08 Å². The van der Waals surface area contributed by atoms with E-state index >= 15 is 0 Å². The number of nitrogens with zero attached hydrogens (tertiary/aromatic N) is 1. The SMILES string of the molecule is O=C=NC1(c2cc(Cl)cc3c2OCOC3)CCC1. The predicted molar refractivity (Wildman–Crippen MR) is 65.4 cm³/mol. The number of carbonyl (C=O) groups excluding carboxylic acids is 1. The Bertz CT molecular complexity index is 533. The summed E-state index contributed by atoms with van der Waals surface area (Å²) in [5.74, 6) is 0.768. The molecule has 5 heteroatoms. The van der Waals surface area contributed by atoms with Gasteiger partial charge in [-0.2, -0.15) is 4.99 Å². The topological polar surface area (TPSA) is 47.9 Å². The first kappa shape index (κ1) is 11.7. The fourth-order valence-electron chi connectivity index (χ4n) is 2.57. The van der Waals surface area contributed by atoms with Crippen LogP contribution in [0, 0.1) is 0 Å². The van der Waals surface area contributed by atoms with E-state index < -0.39 is 5.54 Å². The van der Waals surface area contributed by atoms with Crippen LogP contribution >= 0.6 is 11.6 Å². The summed E-state index contributed by atoms with van der Waals surface area (Å²) >= 11 is 6.12. The van der Waals surface area contributed by atoms with Crippen LogP contribution in [0.15, 0.2) is 17.1 Å². The van der Waals surface area contributed by atoms with Crippen LogP contribution in [0.5, 0.6) is 5.75 Å². The molecule has 1 aliphatic heterocycles. The van der Waals surface area contributed by atoms with Gasteiger partial charge in [-0.25, -0.2) is 4.79 Å². The highest BCUT2D eigenvalue weighted by Crippen LogP contribution is 2.50. The van der Waals surface area contributed by atoms with Crippen LogP contribution < -0.4 is 4.74 Å². The van der Waals surface area contributed by atoms with Crippen molar-refractivity contribution in [2.45, 2.75) is 31.4 Å². The summed E-state index contributed by atoms with van der Waals surface area (Å²) in [6.45, 7) is 0.701. The fraction of sp³-hybridized carbons (Fsp3) is 0.462. The van der Waals surface area contributed by atoms with Crippen molar-refractivity contribution >= 4 is 17.7 Å². The van der Waals surface area contributed by atoms with Gasteiger partial charge in [0.25, 0.3) is 0 Å². The van der Waals surface area contributed by atoms with Crippen molar-refractivity contribution in [2.24, 2.45) is 4.99 Å². The van der Waals surface area contributed by atoms with E-state index in [2.05, 4.69) is 4.99 Å². The second-order valence-corrected chi connectivity index (χ2v) is 5.08. The average Bonchev–Trinajstić information content (AvgIpc) is 2.33. The molecule has 1 aromatic carbocycles. The van der Waals surface area contributed by atoms with Crippen LogP contribution in [0.2, 0.25) is 5.02 Å². The molecule has 0 amide bonds. The number of fused-ring (bicyclic) bond motifs is 1. The maximum absolute atomic E-state index is 10.6. The minimum absolute atomic E-state index is 0.225. The highest BCUT2D eigenvalue weighted by molar-refractivity contribution is 6.30. The summed E-state index contributed by atoms with van der Waals surface area (Å²) in [5, 5.41) is 0.616. The molecular weight excluding hydrogens is 254 g/mol. The molecule has 0 atom stereocenters. The van der Waals surface area contributed by atoms with Gasteiger partial charge < -0.3 is 9.47 Å². The zero-order valence-electron chi connectivity index (χ0n) is 9.74. The molecule has 3 rings (SSSR count). The van der Waals surface area contributed by atoms with Gasteiger partial charge in [0.1, 0.15) is 11.3 Å². The van der Waals surface area contributed by atoms with Crippen molar-refractivity contribution in [3.8, 4) is 5.75 Å². The van der Waals surface area contributed by atoms with E-state index in [9.17, 15) is 4.79 Å². The fourth-order valence-corrected chi connectivity index (χ4v) is 2.81. The standard InChI is InChI=1S/C13H12ClNO3/c14-10-4-9-6-17-8-18-12(9)11(5-10)13(15-7-16)2-1-3-13/h4-5H,1-3,6,8H2. The number of hydrogen-bond acceptors (Lipinski definition) is 4. The summed E-state index contributed by atoms with van der Waals surface area (Å²) in [5.41, 5.74) is 1.31. The largest absolute Gasteiger partial charge is 0.467 e. The molecule has 0 spiro atoms. The molecule has 1 heterocycles. The van der Waals surface area contributed by atoms with Gasteiger partial charge in [-0.15, -0.1) is 0 Å². The maximum Gasteiger partial charge on any atom is 0.235 e. The zero-order valence-corrected chi connectivity index (χ0v) is 10.5. The molecule has 0 radical (unpaired) electrons. The second-order valence-electron chi connectivity index (χ2n) is 4.64. The van der Waals surface area contributed by atoms with Gasteiger partial charge in [-0.1, -0.05) is 11.6 Å². The number of ether oxygens (including phenoxy) is 2.